The second kappa shape index (κ2) is 8.85. The van der Waals surface area contributed by atoms with E-state index in [9.17, 15) is 0 Å². The number of hydrogen-bond acceptors (Lipinski definition) is 4. The van der Waals surface area contributed by atoms with Crippen molar-refractivity contribution >= 4 is 29.0 Å². The first-order valence-corrected chi connectivity index (χ1v) is 11.4. The van der Waals surface area contributed by atoms with E-state index in [0.29, 0.717) is 0 Å². The van der Waals surface area contributed by atoms with Gasteiger partial charge in [-0.05, 0) is 59.8 Å². The summed E-state index contributed by atoms with van der Waals surface area (Å²) in [6.45, 7) is 2.16. The van der Waals surface area contributed by atoms with E-state index in [0.717, 1.165) is 39.0 Å². The lowest BCUT2D eigenvalue weighted by Crippen LogP contribution is -2.17. The van der Waals surface area contributed by atoms with Crippen LogP contribution in [0.15, 0.2) is 101 Å². The summed E-state index contributed by atoms with van der Waals surface area (Å²) in [7, 11) is 1.67. The second-order valence-corrected chi connectivity index (χ2v) is 8.60. The number of fused-ring (bicyclic) bond motifs is 1. The maximum atomic E-state index is 6.48. The van der Waals surface area contributed by atoms with Crippen LogP contribution in [0, 0.1) is 6.92 Å². The molecule has 2 heterocycles. The van der Waals surface area contributed by atoms with Crippen LogP contribution in [-0.2, 0) is 0 Å². The Morgan fingerprint density at radius 1 is 0.875 bits per heavy atom. The van der Waals surface area contributed by atoms with Gasteiger partial charge in [0, 0.05) is 23.3 Å². The zero-order valence-electron chi connectivity index (χ0n) is 18.0. The van der Waals surface area contributed by atoms with E-state index in [4.69, 9.17) is 14.5 Å². The SMILES string of the molecule is COc1ccc(N=CC2=C(c3cccs3)Oc3ccccc3[C@@H]2c2ccccc2C)cc1. The van der Waals surface area contributed by atoms with E-state index in [1.54, 1.807) is 18.4 Å². The Bertz CT molecular complexity index is 1290. The number of hydrogen-bond donors (Lipinski definition) is 0. The van der Waals surface area contributed by atoms with Crippen molar-refractivity contribution in [2.75, 3.05) is 7.11 Å². The molecule has 0 saturated heterocycles. The quantitative estimate of drug-likeness (QED) is 0.305. The molecule has 0 amide bonds. The lowest BCUT2D eigenvalue weighted by molar-refractivity contribution is 0.415. The number of allylic oxidation sites excluding steroid dienone is 1. The summed E-state index contributed by atoms with van der Waals surface area (Å²) in [5.41, 5.74) is 5.57. The van der Waals surface area contributed by atoms with Crippen LogP contribution < -0.4 is 9.47 Å². The van der Waals surface area contributed by atoms with Crippen LogP contribution in [0.5, 0.6) is 11.5 Å². The molecule has 0 N–H and O–H groups in total. The van der Waals surface area contributed by atoms with Gasteiger partial charge in [-0.3, -0.25) is 4.99 Å². The number of methoxy groups -OCH3 is 1. The maximum Gasteiger partial charge on any atom is 0.150 e. The third-order valence-corrected chi connectivity index (χ3v) is 6.55. The minimum absolute atomic E-state index is 0.0280. The molecule has 0 radical (unpaired) electrons. The molecule has 3 aromatic carbocycles. The van der Waals surface area contributed by atoms with Gasteiger partial charge >= 0.3 is 0 Å². The highest BCUT2D eigenvalue weighted by molar-refractivity contribution is 7.11. The van der Waals surface area contributed by atoms with Crippen molar-refractivity contribution < 1.29 is 9.47 Å². The third-order valence-electron chi connectivity index (χ3n) is 5.68. The van der Waals surface area contributed by atoms with Gasteiger partial charge in [0.25, 0.3) is 0 Å². The van der Waals surface area contributed by atoms with Gasteiger partial charge < -0.3 is 9.47 Å². The molecule has 3 nitrogen and oxygen atoms in total. The number of nitrogens with zero attached hydrogens (tertiary/aromatic N) is 1. The fraction of sp³-hybridized carbons (Fsp3) is 0.107. The van der Waals surface area contributed by atoms with Gasteiger partial charge in [0.1, 0.15) is 17.3 Å². The van der Waals surface area contributed by atoms with Crippen LogP contribution in [0.2, 0.25) is 0 Å². The van der Waals surface area contributed by atoms with Gasteiger partial charge in [0.15, 0.2) is 0 Å². The number of para-hydroxylation sites is 1. The summed E-state index contributed by atoms with van der Waals surface area (Å²) < 4.78 is 11.8. The number of rotatable bonds is 5. The van der Waals surface area contributed by atoms with E-state index in [1.165, 1.54) is 11.1 Å². The predicted octanol–water partition coefficient (Wildman–Crippen LogP) is 7.40. The summed E-state index contributed by atoms with van der Waals surface area (Å²) in [5.74, 6) is 2.60. The minimum atomic E-state index is 0.0280. The smallest absolute Gasteiger partial charge is 0.150 e. The lowest BCUT2D eigenvalue weighted by Gasteiger charge is -2.30. The van der Waals surface area contributed by atoms with Gasteiger partial charge in [0.05, 0.1) is 17.7 Å². The third kappa shape index (κ3) is 3.85. The molecule has 1 aliphatic heterocycles. The molecule has 0 fully saturated rings. The molecule has 5 rings (SSSR count). The molecular formula is C28H23NO2S. The highest BCUT2D eigenvalue weighted by Crippen LogP contribution is 2.46. The van der Waals surface area contributed by atoms with Crippen molar-refractivity contribution in [2.45, 2.75) is 12.8 Å². The Balaban J connectivity index is 1.70. The second-order valence-electron chi connectivity index (χ2n) is 7.65. The zero-order chi connectivity index (χ0) is 21.9. The van der Waals surface area contributed by atoms with Crippen molar-refractivity contribution in [1.82, 2.24) is 0 Å². The van der Waals surface area contributed by atoms with Crippen molar-refractivity contribution in [2.24, 2.45) is 4.99 Å². The van der Waals surface area contributed by atoms with E-state index in [1.807, 2.05) is 42.6 Å². The molecule has 0 unspecified atom stereocenters. The molecule has 1 atom stereocenters. The molecule has 1 aliphatic rings. The lowest BCUT2D eigenvalue weighted by atomic mass is 9.80. The van der Waals surface area contributed by atoms with Gasteiger partial charge in [-0.2, -0.15) is 0 Å². The van der Waals surface area contributed by atoms with Crippen molar-refractivity contribution in [3.05, 3.63) is 117 Å². The molecule has 0 saturated carbocycles. The average Bonchev–Trinajstić information content (AvgIpc) is 3.38. The zero-order valence-corrected chi connectivity index (χ0v) is 18.8. The summed E-state index contributed by atoms with van der Waals surface area (Å²) in [6, 6.07) is 28.8. The van der Waals surface area contributed by atoms with Gasteiger partial charge in [0.2, 0.25) is 0 Å². The molecular weight excluding hydrogens is 414 g/mol. The van der Waals surface area contributed by atoms with Gasteiger partial charge in [-0.1, -0.05) is 48.5 Å². The number of thiophene rings is 1. The number of aryl methyl sites for hydroxylation is 1. The molecule has 4 heteroatoms. The van der Waals surface area contributed by atoms with Crippen LogP contribution in [0.3, 0.4) is 0 Å². The first-order chi connectivity index (χ1) is 15.7. The molecule has 1 aromatic heterocycles. The average molecular weight is 438 g/mol. The van der Waals surface area contributed by atoms with Crippen LogP contribution in [0.1, 0.15) is 27.5 Å². The summed E-state index contributed by atoms with van der Waals surface area (Å²) in [6.07, 6.45) is 1.96. The Labute approximate surface area is 192 Å². The van der Waals surface area contributed by atoms with Crippen LogP contribution in [0.4, 0.5) is 5.69 Å². The topological polar surface area (TPSA) is 30.8 Å². The molecule has 158 valence electrons. The van der Waals surface area contributed by atoms with E-state index in [-0.39, 0.29) is 5.92 Å². The van der Waals surface area contributed by atoms with Crippen LogP contribution in [-0.4, -0.2) is 13.3 Å². The van der Waals surface area contributed by atoms with E-state index >= 15 is 0 Å². The maximum absolute atomic E-state index is 6.48. The Morgan fingerprint density at radius 2 is 1.62 bits per heavy atom. The standard InChI is InChI=1S/C28H23NO2S/c1-19-8-3-4-9-22(19)27-23-10-5-6-11-25(23)31-28(26-12-7-17-32-26)24(27)18-29-20-13-15-21(30-2)16-14-20/h3-18,27H,1-2H3/t27-/m0/s1. The Kier molecular flexibility index (Phi) is 5.61. The van der Waals surface area contributed by atoms with E-state index < -0.39 is 0 Å². The molecule has 4 aromatic rings. The summed E-state index contributed by atoms with van der Waals surface area (Å²) in [5, 5.41) is 2.08. The molecule has 0 bridgehead atoms. The summed E-state index contributed by atoms with van der Waals surface area (Å²) >= 11 is 1.67. The predicted molar refractivity (Wildman–Crippen MR) is 132 cm³/mol. The fourth-order valence-electron chi connectivity index (χ4n) is 4.07. The van der Waals surface area contributed by atoms with Crippen molar-refractivity contribution in [1.29, 1.82) is 0 Å². The van der Waals surface area contributed by atoms with Crippen LogP contribution >= 0.6 is 11.3 Å². The normalized spacial score (nSPS) is 15.5. The highest BCUT2D eigenvalue weighted by atomic mass is 32.1. The van der Waals surface area contributed by atoms with Gasteiger partial charge in [-0.25, -0.2) is 0 Å². The van der Waals surface area contributed by atoms with Gasteiger partial charge in [-0.15, -0.1) is 11.3 Å². The number of benzene rings is 3. The first kappa shape index (κ1) is 20.3. The largest absolute Gasteiger partial charge is 0.497 e. The molecule has 0 aliphatic carbocycles. The van der Waals surface area contributed by atoms with E-state index in [2.05, 4.69) is 60.8 Å². The molecule has 0 spiro atoms. The minimum Gasteiger partial charge on any atom is -0.497 e. The monoisotopic (exact) mass is 437 g/mol. The number of aliphatic imine (C=N–C) groups is 1. The summed E-state index contributed by atoms with van der Waals surface area (Å²) in [4.78, 5) is 5.92. The first-order valence-electron chi connectivity index (χ1n) is 10.5. The molecule has 32 heavy (non-hydrogen) atoms. The number of ether oxygens (including phenoxy) is 2. The van der Waals surface area contributed by atoms with Crippen molar-refractivity contribution in [3.8, 4) is 11.5 Å². The van der Waals surface area contributed by atoms with Crippen LogP contribution in [0.25, 0.3) is 5.76 Å². The Morgan fingerprint density at radius 3 is 2.34 bits per heavy atom. The highest BCUT2D eigenvalue weighted by Gasteiger charge is 2.31. The fourth-order valence-corrected chi connectivity index (χ4v) is 4.80. The van der Waals surface area contributed by atoms with Crippen molar-refractivity contribution in [3.63, 3.8) is 0 Å². The Hall–Kier alpha value is -3.63.